The molecule has 0 bridgehead atoms. The summed E-state index contributed by atoms with van der Waals surface area (Å²) >= 11 is 0. The summed E-state index contributed by atoms with van der Waals surface area (Å²) in [6.45, 7) is 4.38. The molecule has 1 heterocycles. The number of likely N-dealkylation sites (tertiary alicyclic amines) is 1. The molecule has 3 N–H and O–H groups in total. The molecule has 2 amide bonds. The number of carbonyl (C=O) groups is 1. The number of nitrogens with one attached hydrogen (secondary N) is 2. The summed E-state index contributed by atoms with van der Waals surface area (Å²) in [7, 11) is 2.11. The zero-order chi connectivity index (χ0) is 16.7. The molecular weight excluding hydrogens is 290 g/mol. The van der Waals surface area contributed by atoms with Gasteiger partial charge in [-0.25, -0.2) is 4.79 Å². The van der Waals surface area contributed by atoms with E-state index in [2.05, 4.69) is 22.6 Å². The lowest BCUT2D eigenvalue weighted by molar-refractivity contribution is 0.172. The second-order valence-electron chi connectivity index (χ2n) is 6.62. The molecule has 0 aromatic heterocycles. The van der Waals surface area contributed by atoms with Crippen molar-refractivity contribution >= 4 is 6.03 Å². The second kappa shape index (κ2) is 8.89. The van der Waals surface area contributed by atoms with Crippen molar-refractivity contribution in [3.05, 3.63) is 35.9 Å². The zero-order valence-corrected chi connectivity index (χ0v) is 14.2. The highest BCUT2D eigenvalue weighted by atomic mass is 16.3. The molecule has 128 valence electrons. The molecule has 1 aliphatic rings. The van der Waals surface area contributed by atoms with Gasteiger partial charge in [0.05, 0.1) is 6.10 Å². The Bertz CT molecular complexity index is 470. The van der Waals surface area contributed by atoms with E-state index in [-0.39, 0.29) is 24.1 Å². The van der Waals surface area contributed by atoms with Gasteiger partial charge >= 0.3 is 6.03 Å². The van der Waals surface area contributed by atoms with Crippen LogP contribution in [0.5, 0.6) is 0 Å². The molecule has 23 heavy (non-hydrogen) atoms. The van der Waals surface area contributed by atoms with Gasteiger partial charge in [0.2, 0.25) is 0 Å². The average Bonchev–Trinajstić information content (AvgIpc) is 2.54. The third-order valence-corrected chi connectivity index (χ3v) is 4.46. The van der Waals surface area contributed by atoms with Crippen LogP contribution < -0.4 is 10.6 Å². The maximum Gasteiger partial charge on any atom is 0.315 e. The average molecular weight is 319 g/mol. The van der Waals surface area contributed by atoms with Gasteiger partial charge in [0.15, 0.2) is 0 Å². The highest BCUT2D eigenvalue weighted by molar-refractivity contribution is 5.74. The van der Waals surface area contributed by atoms with E-state index in [4.69, 9.17) is 0 Å². The summed E-state index contributed by atoms with van der Waals surface area (Å²) < 4.78 is 0. The minimum absolute atomic E-state index is 0.105. The minimum Gasteiger partial charge on any atom is -0.393 e. The van der Waals surface area contributed by atoms with Gasteiger partial charge in [-0.2, -0.15) is 0 Å². The van der Waals surface area contributed by atoms with Crippen LogP contribution in [0.2, 0.25) is 0 Å². The number of aliphatic hydroxyl groups excluding tert-OH is 1. The molecule has 1 aromatic carbocycles. The van der Waals surface area contributed by atoms with Gasteiger partial charge < -0.3 is 20.6 Å². The number of benzene rings is 1. The fourth-order valence-electron chi connectivity index (χ4n) is 3.08. The smallest absolute Gasteiger partial charge is 0.315 e. The number of amides is 2. The molecule has 5 nitrogen and oxygen atoms in total. The lowest BCUT2D eigenvalue weighted by atomic mass is 9.93. The molecular formula is C18H29N3O2. The van der Waals surface area contributed by atoms with E-state index >= 15 is 0 Å². The topological polar surface area (TPSA) is 64.6 Å². The summed E-state index contributed by atoms with van der Waals surface area (Å²) in [6.07, 6.45) is 2.25. The molecule has 2 atom stereocenters. The maximum absolute atomic E-state index is 12.1. The SMILES string of the molecule is CC(O)CC(CNC(=O)NC1CCN(C)CC1)c1ccccc1. The van der Waals surface area contributed by atoms with Crippen molar-refractivity contribution in [1.29, 1.82) is 0 Å². The Morgan fingerprint density at radius 2 is 1.96 bits per heavy atom. The molecule has 2 unspecified atom stereocenters. The van der Waals surface area contributed by atoms with Crippen LogP contribution in [0.4, 0.5) is 4.79 Å². The summed E-state index contributed by atoms with van der Waals surface area (Å²) in [6, 6.07) is 10.2. The summed E-state index contributed by atoms with van der Waals surface area (Å²) in [5.41, 5.74) is 1.15. The van der Waals surface area contributed by atoms with E-state index in [0.717, 1.165) is 31.5 Å². The quantitative estimate of drug-likeness (QED) is 0.751. The number of hydrogen-bond donors (Lipinski definition) is 3. The summed E-state index contributed by atoms with van der Waals surface area (Å²) in [5, 5.41) is 15.7. The molecule has 5 heteroatoms. The highest BCUT2D eigenvalue weighted by Crippen LogP contribution is 2.20. The van der Waals surface area contributed by atoms with Crippen molar-refractivity contribution in [2.45, 2.75) is 44.2 Å². The first-order chi connectivity index (χ1) is 11.0. The standard InChI is InChI=1S/C18H29N3O2/c1-14(22)12-16(15-6-4-3-5-7-15)13-19-18(23)20-17-8-10-21(2)11-9-17/h3-7,14,16-17,22H,8-13H2,1-2H3,(H2,19,20,23). The van der Waals surface area contributed by atoms with Crippen molar-refractivity contribution in [2.24, 2.45) is 0 Å². The molecule has 0 aliphatic carbocycles. The van der Waals surface area contributed by atoms with E-state index in [1.54, 1.807) is 6.92 Å². The van der Waals surface area contributed by atoms with Gasteiger partial charge in [0.25, 0.3) is 0 Å². The number of urea groups is 1. The maximum atomic E-state index is 12.1. The normalized spacial score (nSPS) is 19.1. The van der Waals surface area contributed by atoms with Crippen LogP contribution in [0, 0.1) is 0 Å². The number of rotatable bonds is 6. The molecule has 1 aromatic rings. The van der Waals surface area contributed by atoms with Gasteiger partial charge in [-0.3, -0.25) is 0 Å². The molecule has 1 saturated heterocycles. The molecule has 0 spiro atoms. The Balaban J connectivity index is 1.82. The number of aliphatic hydroxyl groups is 1. The van der Waals surface area contributed by atoms with Crippen LogP contribution in [0.25, 0.3) is 0 Å². The van der Waals surface area contributed by atoms with E-state index in [1.165, 1.54) is 0 Å². The van der Waals surface area contributed by atoms with Crippen molar-refractivity contribution in [3.63, 3.8) is 0 Å². The fraction of sp³-hybridized carbons (Fsp3) is 0.611. The Labute approximate surface area is 139 Å². The van der Waals surface area contributed by atoms with Crippen LogP contribution in [0.1, 0.15) is 37.7 Å². The lowest BCUT2D eigenvalue weighted by Gasteiger charge is -2.29. The van der Waals surface area contributed by atoms with Crippen LogP contribution in [0.15, 0.2) is 30.3 Å². The second-order valence-corrected chi connectivity index (χ2v) is 6.62. The molecule has 2 rings (SSSR count). The van der Waals surface area contributed by atoms with Gasteiger partial charge in [-0.15, -0.1) is 0 Å². The predicted octanol–water partition coefficient (Wildman–Crippen LogP) is 1.93. The van der Waals surface area contributed by atoms with Gasteiger partial charge in [0.1, 0.15) is 0 Å². The zero-order valence-electron chi connectivity index (χ0n) is 14.2. The van der Waals surface area contributed by atoms with Gasteiger partial charge in [0, 0.05) is 18.5 Å². The first-order valence-corrected chi connectivity index (χ1v) is 8.50. The molecule has 1 aliphatic heterocycles. The first kappa shape index (κ1) is 17.8. The molecule has 0 radical (unpaired) electrons. The van der Waals surface area contributed by atoms with Gasteiger partial charge in [-0.1, -0.05) is 30.3 Å². The number of piperidine rings is 1. The van der Waals surface area contributed by atoms with E-state index in [0.29, 0.717) is 13.0 Å². The summed E-state index contributed by atoms with van der Waals surface area (Å²) in [5.74, 6) is 0.124. The number of nitrogens with zero attached hydrogens (tertiary/aromatic N) is 1. The third kappa shape index (κ3) is 6.20. The monoisotopic (exact) mass is 319 g/mol. The van der Waals surface area contributed by atoms with Crippen LogP contribution in [-0.4, -0.2) is 54.9 Å². The fourth-order valence-corrected chi connectivity index (χ4v) is 3.08. The van der Waals surface area contributed by atoms with Crippen molar-refractivity contribution < 1.29 is 9.90 Å². The largest absolute Gasteiger partial charge is 0.393 e. The predicted molar refractivity (Wildman–Crippen MR) is 92.5 cm³/mol. The summed E-state index contributed by atoms with van der Waals surface area (Å²) in [4.78, 5) is 14.4. The van der Waals surface area contributed by atoms with Gasteiger partial charge in [-0.05, 0) is 51.9 Å². The van der Waals surface area contributed by atoms with E-state index in [1.807, 2.05) is 30.3 Å². The molecule has 1 fully saturated rings. The Hall–Kier alpha value is -1.59. The Kier molecular flexibility index (Phi) is 6.86. The van der Waals surface area contributed by atoms with Crippen LogP contribution in [0.3, 0.4) is 0 Å². The van der Waals surface area contributed by atoms with Crippen LogP contribution in [-0.2, 0) is 0 Å². The van der Waals surface area contributed by atoms with E-state index < -0.39 is 0 Å². The lowest BCUT2D eigenvalue weighted by Crippen LogP contribution is -2.47. The Morgan fingerprint density at radius 1 is 1.30 bits per heavy atom. The minimum atomic E-state index is -0.390. The van der Waals surface area contributed by atoms with Crippen molar-refractivity contribution in [1.82, 2.24) is 15.5 Å². The number of carbonyl (C=O) groups excluding carboxylic acids is 1. The van der Waals surface area contributed by atoms with Crippen molar-refractivity contribution in [3.8, 4) is 0 Å². The highest BCUT2D eigenvalue weighted by Gasteiger charge is 2.19. The first-order valence-electron chi connectivity index (χ1n) is 8.50. The Morgan fingerprint density at radius 3 is 2.57 bits per heavy atom. The molecule has 0 saturated carbocycles. The third-order valence-electron chi connectivity index (χ3n) is 4.46. The number of hydrogen-bond acceptors (Lipinski definition) is 3. The van der Waals surface area contributed by atoms with Crippen LogP contribution >= 0.6 is 0 Å². The van der Waals surface area contributed by atoms with E-state index in [9.17, 15) is 9.90 Å². The van der Waals surface area contributed by atoms with Crippen molar-refractivity contribution in [2.75, 3.05) is 26.7 Å².